The molecule has 1 aromatic rings. The topological polar surface area (TPSA) is 66.7 Å². The first-order valence-electron chi connectivity index (χ1n) is 6.70. The molecule has 4 N–H and O–H groups in total. The highest BCUT2D eigenvalue weighted by atomic mass is 15.1. The maximum absolute atomic E-state index is 5.76. The summed E-state index contributed by atoms with van der Waals surface area (Å²) in [5, 5.41) is 11.1. The Morgan fingerprint density at radius 2 is 2.12 bits per heavy atom. The van der Waals surface area contributed by atoms with Crippen LogP contribution in [0.5, 0.6) is 0 Å². The first-order chi connectivity index (χ1) is 8.22. The molecule has 4 heteroatoms. The molecule has 1 aromatic heterocycles. The van der Waals surface area contributed by atoms with Crippen LogP contribution in [0.4, 0.5) is 0 Å². The molecule has 1 aliphatic carbocycles. The number of nitrogens with one attached hydrogen (secondary N) is 2. The lowest BCUT2D eigenvalue weighted by atomic mass is 9.95. The number of H-pyrrole nitrogens is 1. The maximum Gasteiger partial charge on any atom is 0.0794 e. The summed E-state index contributed by atoms with van der Waals surface area (Å²) in [5.74, 6) is 0.565. The minimum Gasteiger partial charge on any atom is -0.329 e. The SMILES string of the molecule is CC(C)C(CN)NCc1n[nH]c2c1CCCC2. The maximum atomic E-state index is 5.76. The zero-order chi connectivity index (χ0) is 12.3. The van der Waals surface area contributed by atoms with Gasteiger partial charge >= 0.3 is 0 Å². The van der Waals surface area contributed by atoms with Crippen molar-refractivity contribution >= 4 is 0 Å². The van der Waals surface area contributed by atoms with Crippen molar-refractivity contribution in [1.29, 1.82) is 0 Å². The van der Waals surface area contributed by atoms with Gasteiger partial charge in [-0.05, 0) is 37.2 Å². The van der Waals surface area contributed by atoms with Crippen molar-refractivity contribution in [1.82, 2.24) is 15.5 Å². The summed E-state index contributed by atoms with van der Waals surface area (Å²) in [5.41, 5.74) is 9.75. The predicted molar refractivity (Wildman–Crippen MR) is 69.7 cm³/mol. The lowest BCUT2D eigenvalue weighted by molar-refractivity contribution is 0.402. The molecule has 0 saturated carbocycles. The Morgan fingerprint density at radius 1 is 1.35 bits per heavy atom. The van der Waals surface area contributed by atoms with Gasteiger partial charge in [0.2, 0.25) is 0 Å². The van der Waals surface area contributed by atoms with Gasteiger partial charge in [-0.1, -0.05) is 13.8 Å². The predicted octanol–water partition coefficient (Wildman–Crippen LogP) is 1.36. The van der Waals surface area contributed by atoms with Crippen LogP contribution in [0.1, 0.15) is 43.6 Å². The molecular weight excluding hydrogens is 212 g/mol. The van der Waals surface area contributed by atoms with E-state index in [-0.39, 0.29) is 0 Å². The van der Waals surface area contributed by atoms with Crippen molar-refractivity contribution in [2.75, 3.05) is 6.54 Å². The molecule has 0 radical (unpaired) electrons. The van der Waals surface area contributed by atoms with Crippen LogP contribution in [0.15, 0.2) is 0 Å². The first kappa shape index (κ1) is 12.6. The molecule has 1 heterocycles. The Hall–Kier alpha value is -0.870. The van der Waals surface area contributed by atoms with Gasteiger partial charge in [-0.25, -0.2) is 0 Å². The Balaban J connectivity index is 1.97. The quantitative estimate of drug-likeness (QED) is 0.723. The summed E-state index contributed by atoms with van der Waals surface area (Å²) < 4.78 is 0. The number of hydrogen-bond donors (Lipinski definition) is 3. The van der Waals surface area contributed by atoms with E-state index in [2.05, 4.69) is 29.4 Å². The number of aromatic nitrogens is 2. The minimum absolute atomic E-state index is 0.381. The summed E-state index contributed by atoms with van der Waals surface area (Å²) in [4.78, 5) is 0. The van der Waals surface area contributed by atoms with Crippen LogP contribution >= 0.6 is 0 Å². The third kappa shape index (κ3) is 2.87. The van der Waals surface area contributed by atoms with Gasteiger partial charge in [-0.15, -0.1) is 0 Å². The van der Waals surface area contributed by atoms with Crippen molar-refractivity contribution in [3.8, 4) is 0 Å². The fourth-order valence-electron chi connectivity index (χ4n) is 2.51. The standard InChI is InChI=1S/C13H24N4/c1-9(2)12(7-14)15-8-13-10-5-3-4-6-11(10)16-17-13/h9,12,15H,3-8,14H2,1-2H3,(H,16,17). The van der Waals surface area contributed by atoms with E-state index in [1.807, 2.05) is 0 Å². The average molecular weight is 236 g/mol. The fourth-order valence-corrected chi connectivity index (χ4v) is 2.51. The highest BCUT2D eigenvalue weighted by molar-refractivity contribution is 5.27. The largest absolute Gasteiger partial charge is 0.329 e. The van der Waals surface area contributed by atoms with Gasteiger partial charge in [0.25, 0.3) is 0 Å². The molecule has 96 valence electrons. The molecule has 0 aliphatic heterocycles. The number of nitrogens with two attached hydrogens (primary N) is 1. The van der Waals surface area contributed by atoms with Crippen molar-refractivity contribution in [3.63, 3.8) is 0 Å². The van der Waals surface area contributed by atoms with Crippen molar-refractivity contribution in [2.45, 2.75) is 52.1 Å². The summed E-state index contributed by atoms with van der Waals surface area (Å²) in [6, 6.07) is 0.381. The molecule has 0 amide bonds. The fraction of sp³-hybridized carbons (Fsp3) is 0.769. The van der Waals surface area contributed by atoms with Gasteiger partial charge in [0.15, 0.2) is 0 Å². The summed E-state index contributed by atoms with van der Waals surface area (Å²) in [6.45, 7) is 5.92. The van der Waals surface area contributed by atoms with Gasteiger partial charge < -0.3 is 11.1 Å². The Morgan fingerprint density at radius 3 is 2.82 bits per heavy atom. The summed E-state index contributed by atoms with van der Waals surface area (Å²) in [7, 11) is 0. The number of nitrogens with zero attached hydrogens (tertiary/aromatic N) is 1. The van der Waals surface area contributed by atoms with Gasteiger partial charge in [0, 0.05) is 24.8 Å². The summed E-state index contributed by atoms with van der Waals surface area (Å²) >= 11 is 0. The van der Waals surface area contributed by atoms with Crippen LogP contribution in [-0.4, -0.2) is 22.8 Å². The lowest BCUT2D eigenvalue weighted by Gasteiger charge is -2.20. The Kier molecular flexibility index (Phi) is 4.18. The van der Waals surface area contributed by atoms with Gasteiger partial charge in [-0.3, -0.25) is 5.10 Å². The molecule has 1 unspecified atom stereocenters. The van der Waals surface area contributed by atoms with E-state index in [4.69, 9.17) is 5.73 Å². The average Bonchev–Trinajstić information content (AvgIpc) is 2.73. The molecular formula is C13H24N4. The van der Waals surface area contributed by atoms with E-state index < -0.39 is 0 Å². The molecule has 1 aliphatic rings. The Bertz CT molecular complexity index is 356. The summed E-state index contributed by atoms with van der Waals surface area (Å²) in [6.07, 6.45) is 4.92. The molecule has 17 heavy (non-hydrogen) atoms. The smallest absolute Gasteiger partial charge is 0.0794 e. The number of aryl methyl sites for hydroxylation is 1. The second-order valence-corrected chi connectivity index (χ2v) is 5.30. The molecule has 0 aromatic carbocycles. The van der Waals surface area contributed by atoms with Crippen LogP contribution in [-0.2, 0) is 19.4 Å². The highest BCUT2D eigenvalue weighted by Crippen LogP contribution is 2.22. The van der Waals surface area contributed by atoms with Crippen LogP contribution in [0.3, 0.4) is 0 Å². The highest BCUT2D eigenvalue weighted by Gasteiger charge is 2.18. The zero-order valence-corrected chi connectivity index (χ0v) is 10.9. The number of aromatic amines is 1. The monoisotopic (exact) mass is 236 g/mol. The van der Waals surface area contributed by atoms with E-state index in [0.29, 0.717) is 18.5 Å². The van der Waals surface area contributed by atoms with Crippen LogP contribution in [0.25, 0.3) is 0 Å². The van der Waals surface area contributed by atoms with Gasteiger partial charge in [0.05, 0.1) is 5.69 Å². The zero-order valence-electron chi connectivity index (χ0n) is 10.9. The normalized spacial score (nSPS) is 17.2. The van der Waals surface area contributed by atoms with Crippen LogP contribution in [0.2, 0.25) is 0 Å². The number of hydrogen-bond acceptors (Lipinski definition) is 3. The van der Waals surface area contributed by atoms with Crippen LogP contribution < -0.4 is 11.1 Å². The number of fused-ring (bicyclic) bond motifs is 1. The van der Waals surface area contributed by atoms with E-state index in [1.54, 1.807) is 0 Å². The van der Waals surface area contributed by atoms with Crippen molar-refractivity contribution in [2.24, 2.45) is 11.7 Å². The molecule has 0 bridgehead atoms. The lowest BCUT2D eigenvalue weighted by Crippen LogP contribution is -2.40. The minimum atomic E-state index is 0.381. The molecule has 4 nitrogen and oxygen atoms in total. The molecule has 1 atom stereocenters. The second-order valence-electron chi connectivity index (χ2n) is 5.30. The van der Waals surface area contributed by atoms with Crippen LogP contribution in [0, 0.1) is 5.92 Å². The van der Waals surface area contributed by atoms with Crippen molar-refractivity contribution in [3.05, 3.63) is 17.0 Å². The van der Waals surface area contributed by atoms with E-state index >= 15 is 0 Å². The molecule has 0 saturated heterocycles. The Labute approximate surface area is 103 Å². The van der Waals surface area contributed by atoms with E-state index in [1.165, 1.54) is 36.2 Å². The molecule has 0 fully saturated rings. The first-order valence-corrected chi connectivity index (χ1v) is 6.70. The van der Waals surface area contributed by atoms with E-state index in [0.717, 1.165) is 13.0 Å². The molecule has 0 spiro atoms. The van der Waals surface area contributed by atoms with Gasteiger partial charge in [0.1, 0.15) is 0 Å². The van der Waals surface area contributed by atoms with E-state index in [9.17, 15) is 0 Å². The van der Waals surface area contributed by atoms with Crippen molar-refractivity contribution < 1.29 is 0 Å². The second kappa shape index (κ2) is 5.65. The molecule has 2 rings (SSSR count). The third-order valence-corrected chi connectivity index (χ3v) is 3.73. The third-order valence-electron chi connectivity index (χ3n) is 3.73. The number of rotatable bonds is 5. The van der Waals surface area contributed by atoms with Gasteiger partial charge in [-0.2, -0.15) is 5.10 Å².